The third kappa shape index (κ3) is 5.07. The summed E-state index contributed by atoms with van der Waals surface area (Å²) in [5, 5.41) is 2.83. The summed E-state index contributed by atoms with van der Waals surface area (Å²) in [4.78, 5) is 24.5. The van der Waals surface area contributed by atoms with Crippen molar-refractivity contribution >= 4 is 27.0 Å². The third-order valence-corrected chi connectivity index (χ3v) is 8.08. The molecule has 10 heteroatoms. The number of rotatable bonds is 7. The molecular weight excluding hydrogens is 461 g/mol. The summed E-state index contributed by atoms with van der Waals surface area (Å²) >= 11 is 0. The highest BCUT2D eigenvalue weighted by Crippen LogP contribution is 2.28. The predicted molar refractivity (Wildman–Crippen MR) is 125 cm³/mol. The molecule has 0 spiro atoms. The first-order valence-corrected chi connectivity index (χ1v) is 12.8. The molecule has 2 aromatic carbocycles. The predicted octanol–water partition coefficient (Wildman–Crippen LogP) is 3.42. The van der Waals surface area contributed by atoms with Crippen LogP contribution in [-0.2, 0) is 21.4 Å². The number of aromatic nitrogens is 1. The lowest BCUT2D eigenvalue weighted by Crippen LogP contribution is -2.39. The third-order valence-electron chi connectivity index (χ3n) is 6.19. The maximum absolute atomic E-state index is 13.2. The lowest BCUT2D eigenvalue weighted by Gasteiger charge is -2.31. The standard InChI is InChI=1S/C24H28FN3O5S/c1-16(2)28-21-8-7-20(14-22(21)33-24(28)30)34(31,32)27-11-9-17(10-12-27)13-23(29)26-15-18-3-5-19(25)6-4-18/h3-8,14,16-17H,9-13,15H2,1-2H3,(H,26,29). The van der Waals surface area contributed by atoms with E-state index in [1.54, 1.807) is 18.2 Å². The highest BCUT2D eigenvalue weighted by atomic mass is 32.2. The fourth-order valence-corrected chi connectivity index (χ4v) is 5.79. The number of oxazole rings is 1. The summed E-state index contributed by atoms with van der Waals surface area (Å²) in [5.41, 5.74) is 1.61. The zero-order chi connectivity index (χ0) is 24.5. The van der Waals surface area contributed by atoms with E-state index in [9.17, 15) is 22.4 Å². The average molecular weight is 490 g/mol. The fraction of sp³-hybridized carbons (Fsp3) is 0.417. The SMILES string of the molecule is CC(C)n1c(=O)oc2cc(S(=O)(=O)N3CCC(CC(=O)NCc4ccc(F)cc4)CC3)ccc21. The molecule has 8 nitrogen and oxygen atoms in total. The number of halogens is 1. The van der Waals surface area contributed by atoms with Gasteiger partial charge in [-0.15, -0.1) is 0 Å². The molecular formula is C24H28FN3O5S. The number of hydrogen-bond acceptors (Lipinski definition) is 5. The quantitative estimate of drug-likeness (QED) is 0.548. The molecule has 182 valence electrons. The molecule has 0 bridgehead atoms. The van der Waals surface area contributed by atoms with Gasteiger partial charge < -0.3 is 9.73 Å². The maximum Gasteiger partial charge on any atom is 0.420 e. The van der Waals surface area contributed by atoms with E-state index in [1.807, 2.05) is 13.8 Å². The molecule has 3 aromatic rings. The number of benzene rings is 2. The minimum Gasteiger partial charge on any atom is -0.408 e. The normalized spacial score (nSPS) is 15.8. The lowest BCUT2D eigenvalue weighted by atomic mass is 9.94. The van der Waals surface area contributed by atoms with Gasteiger partial charge in [0, 0.05) is 38.2 Å². The maximum atomic E-state index is 13.2. The number of piperidine rings is 1. The minimum absolute atomic E-state index is 0.0835. The van der Waals surface area contributed by atoms with Crippen LogP contribution in [0.3, 0.4) is 0 Å². The molecule has 0 unspecified atom stereocenters. The summed E-state index contributed by atoms with van der Waals surface area (Å²) in [6, 6.07) is 10.3. The molecule has 1 N–H and O–H groups in total. The van der Waals surface area contributed by atoms with Crippen LogP contribution in [0, 0.1) is 11.7 Å². The Kier molecular flexibility index (Phi) is 6.90. The zero-order valence-corrected chi connectivity index (χ0v) is 20.0. The van der Waals surface area contributed by atoms with Crippen molar-refractivity contribution in [1.82, 2.24) is 14.2 Å². The van der Waals surface area contributed by atoms with Crippen molar-refractivity contribution in [1.29, 1.82) is 0 Å². The molecule has 34 heavy (non-hydrogen) atoms. The van der Waals surface area contributed by atoms with E-state index in [4.69, 9.17) is 4.42 Å². The van der Waals surface area contributed by atoms with E-state index in [2.05, 4.69) is 5.32 Å². The first kappa shape index (κ1) is 24.2. The first-order chi connectivity index (χ1) is 16.1. The number of hydrogen-bond donors (Lipinski definition) is 1. The Balaban J connectivity index is 1.35. The topological polar surface area (TPSA) is 102 Å². The van der Waals surface area contributed by atoms with E-state index >= 15 is 0 Å². The smallest absolute Gasteiger partial charge is 0.408 e. The molecule has 1 aliphatic heterocycles. The fourth-order valence-electron chi connectivity index (χ4n) is 4.31. The minimum atomic E-state index is -3.75. The van der Waals surface area contributed by atoms with E-state index in [0.29, 0.717) is 44.4 Å². The van der Waals surface area contributed by atoms with Gasteiger partial charge in [-0.3, -0.25) is 9.36 Å². The van der Waals surface area contributed by atoms with Gasteiger partial charge in [0.15, 0.2) is 5.58 Å². The van der Waals surface area contributed by atoms with Gasteiger partial charge in [-0.25, -0.2) is 17.6 Å². The average Bonchev–Trinajstić information content (AvgIpc) is 3.14. The first-order valence-electron chi connectivity index (χ1n) is 11.3. The summed E-state index contributed by atoms with van der Waals surface area (Å²) < 4.78 is 47.5. The summed E-state index contributed by atoms with van der Waals surface area (Å²) in [6.07, 6.45) is 1.46. The highest BCUT2D eigenvalue weighted by molar-refractivity contribution is 7.89. The molecule has 1 saturated heterocycles. The van der Waals surface area contributed by atoms with Crippen LogP contribution in [0.2, 0.25) is 0 Å². The van der Waals surface area contributed by atoms with Crippen molar-refractivity contribution in [2.24, 2.45) is 5.92 Å². The summed E-state index contributed by atoms with van der Waals surface area (Å²) in [5.74, 6) is -0.866. The van der Waals surface area contributed by atoms with Gasteiger partial charge in [-0.05, 0) is 62.4 Å². The molecule has 0 saturated carbocycles. The molecule has 1 aromatic heterocycles. The van der Waals surface area contributed by atoms with E-state index in [0.717, 1.165) is 5.56 Å². The molecule has 1 amide bonds. The van der Waals surface area contributed by atoms with Crippen molar-refractivity contribution in [2.75, 3.05) is 13.1 Å². The molecule has 1 aliphatic rings. The number of nitrogens with zero attached hydrogens (tertiary/aromatic N) is 2. The van der Waals surface area contributed by atoms with Gasteiger partial charge in [0.25, 0.3) is 0 Å². The van der Waals surface area contributed by atoms with E-state index in [-0.39, 0.29) is 34.2 Å². The van der Waals surface area contributed by atoms with Crippen molar-refractivity contribution in [3.05, 3.63) is 64.4 Å². The van der Waals surface area contributed by atoms with Crippen LogP contribution < -0.4 is 11.1 Å². The highest BCUT2D eigenvalue weighted by Gasteiger charge is 2.31. The number of carbonyl (C=O) groups excluding carboxylic acids is 1. The van der Waals surface area contributed by atoms with Crippen molar-refractivity contribution in [2.45, 2.75) is 50.6 Å². The van der Waals surface area contributed by atoms with Gasteiger partial charge in [-0.1, -0.05) is 12.1 Å². The van der Waals surface area contributed by atoms with Gasteiger partial charge >= 0.3 is 5.76 Å². The monoisotopic (exact) mass is 489 g/mol. The Labute approximate surface area is 197 Å². The second-order valence-electron chi connectivity index (χ2n) is 8.92. The Bertz CT molecular complexity index is 1340. The largest absolute Gasteiger partial charge is 0.420 e. The van der Waals surface area contributed by atoms with Crippen LogP contribution in [0.5, 0.6) is 0 Å². The van der Waals surface area contributed by atoms with Crippen LogP contribution in [0.1, 0.15) is 44.7 Å². The Hall–Kier alpha value is -2.98. The van der Waals surface area contributed by atoms with Gasteiger partial charge in [-0.2, -0.15) is 4.31 Å². The van der Waals surface area contributed by atoms with Gasteiger partial charge in [0.1, 0.15) is 5.82 Å². The second kappa shape index (κ2) is 9.71. The van der Waals surface area contributed by atoms with Gasteiger partial charge in [0.2, 0.25) is 15.9 Å². The zero-order valence-electron chi connectivity index (χ0n) is 19.2. The van der Waals surface area contributed by atoms with Crippen molar-refractivity contribution < 1.29 is 22.0 Å². The molecule has 2 heterocycles. The molecule has 0 atom stereocenters. The summed E-state index contributed by atoms with van der Waals surface area (Å²) in [6.45, 7) is 4.66. The van der Waals surface area contributed by atoms with E-state index < -0.39 is 15.8 Å². The van der Waals surface area contributed by atoms with Crippen molar-refractivity contribution in [3.63, 3.8) is 0 Å². The van der Waals surface area contributed by atoms with E-state index in [1.165, 1.54) is 33.1 Å². The number of carbonyl (C=O) groups is 1. The van der Waals surface area contributed by atoms with Crippen LogP contribution in [-0.4, -0.2) is 36.3 Å². The molecule has 0 aliphatic carbocycles. The van der Waals surface area contributed by atoms with Crippen LogP contribution in [0.25, 0.3) is 11.1 Å². The lowest BCUT2D eigenvalue weighted by molar-refractivity contribution is -0.122. The number of fused-ring (bicyclic) bond motifs is 1. The van der Waals surface area contributed by atoms with Crippen molar-refractivity contribution in [3.8, 4) is 0 Å². The summed E-state index contributed by atoms with van der Waals surface area (Å²) in [7, 11) is -3.75. The number of nitrogens with one attached hydrogen (secondary N) is 1. The Morgan fingerprint density at radius 2 is 1.82 bits per heavy atom. The Morgan fingerprint density at radius 3 is 2.47 bits per heavy atom. The number of sulfonamides is 1. The molecule has 1 fully saturated rings. The van der Waals surface area contributed by atoms with Crippen LogP contribution in [0.15, 0.2) is 56.6 Å². The van der Waals surface area contributed by atoms with Crippen LogP contribution in [0.4, 0.5) is 4.39 Å². The molecule has 0 radical (unpaired) electrons. The number of amides is 1. The van der Waals surface area contributed by atoms with Gasteiger partial charge in [0.05, 0.1) is 10.4 Å². The Morgan fingerprint density at radius 1 is 1.15 bits per heavy atom. The van der Waals surface area contributed by atoms with Crippen LogP contribution >= 0.6 is 0 Å². The molecule has 4 rings (SSSR count). The second-order valence-corrected chi connectivity index (χ2v) is 10.9.